The number of carbonyl (C=O) groups excluding carboxylic acids is 1. The molecule has 0 saturated carbocycles. The molecule has 3 aromatic rings. The predicted molar refractivity (Wildman–Crippen MR) is 107 cm³/mol. The molecular weight excluding hydrogens is 380 g/mol. The number of carbonyl (C=O) groups is 1. The van der Waals surface area contributed by atoms with E-state index in [-0.39, 0.29) is 10.7 Å². The van der Waals surface area contributed by atoms with Gasteiger partial charge in [-0.1, -0.05) is 6.07 Å². The summed E-state index contributed by atoms with van der Waals surface area (Å²) in [5, 5.41) is 3.41. The van der Waals surface area contributed by atoms with Gasteiger partial charge in [-0.05, 0) is 45.0 Å². The van der Waals surface area contributed by atoms with Crippen molar-refractivity contribution < 1.29 is 14.1 Å². The first kappa shape index (κ1) is 19.8. The molecule has 8 nitrogen and oxygen atoms in total. The first-order chi connectivity index (χ1) is 13.1. The highest BCUT2D eigenvalue weighted by Crippen LogP contribution is 2.19. The topological polar surface area (TPSA) is 109 Å². The molecule has 0 aliphatic carbocycles. The fraction of sp³-hybridized carbons (Fsp3) is 0.263. The third kappa shape index (κ3) is 4.49. The second kappa shape index (κ2) is 7.61. The van der Waals surface area contributed by atoms with Crippen LogP contribution in [0, 0.1) is 0 Å². The van der Waals surface area contributed by atoms with E-state index in [2.05, 4.69) is 15.3 Å². The molecule has 0 aliphatic heterocycles. The third-order valence-electron chi connectivity index (χ3n) is 3.62. The van der Waals surface area contributed by atoms with Crippen LogP contribution in [0.25, 0.3) is 16.7 Å². The van der Waals surface area contributed by atoms with Gasteiger partial charge >= 0.3 is 11.2 Å². The van der Waals surface area contributed by atoms with Gasteiger partial charge < -0.3 is 9.29 Å². The lowest BCUT2D eigenvalue weighted by Crippen LogP contribution is -2.27. The lowest BCUT2D eigenvalue weighted by molar-refractivity contribution is 0.0636. The second-order valence-corrected chi connectivity index (χ2v) is 8.34. The van der Waals surface area contributed by atoms with Crippen LogP contribution in [-0.4, -0.2) is 37.0 Å². The van der Waals surface area contributed by atoms with E-state index in [0.717, 1.165) is 0 Å². The molecule has 9 heteroatoms. The van der Waals surface area contributed by atoms with E-state index < -0.39 is 22.9 Å². The van der Waals surface area contributed by atoms with Gasteiger partial charge in [0.2, 0.25) is 0 Å². The Balaban J connectivity index is 2.05. The lowest BCUT2D eigenvalue weighted by atomic mass is 10.2. The Bertz CT molecular complexity index is 1090. The number of hydrogen-bond donors (Lipinski definition) is 1. The van der Waals surface area contributed by atoms with Crippen molar-refractivity contribution in [1.29, 1.82) is 0 Å². The Hall–Kier alpha value is -2.91. The number of nitrogens with zero attached hydrogens (tertiary/aromatic N) is 3. The fourth-order valence-electron chi connectivity index (χ4n) is 2.54. The summed E-state index contributed by atoms with van der Waals surface area (Å²) >= 11 is -1.39. The number of fused-ring (bicyclic) bond motifs is 1. The summed E-state index contributed by atoms with van der Waals surface area (Å²) in [6.07, 6.45) is 2.40. The number of pyridine rings is 1. The van der Waals surface area contributed by atoms with E-state index >= 15 is 0 Å². The molecule has 0 fully saturated rings. The first-order valence-electron chi connectivity index (χ1n) is 8.47. The largest absolute Gasteiger partial charge is 0.609 e. The molecule has 0 spiro atoms. The third-order valence-corrected chi connectivity index (χ3v) is 4.33. The van der Waals surface area contributed by atoms with Gasteiger partial charge in [0.15, 0.2) is 5.65 Å². The van der Waals surface area contributed by atoms with Crippen LogP contribution in [0.1, 0.15) is 20.8 Å². The number of benzene rings is 1. The van der Waals surface area contributed by atoms with Crippen LogP contribution in [-0.2, 0) is 15.9 Å². The van der Waals surface area contributed by atoms with E-state index in [4.69, 9.17) is 4.74 Å². The summed E-state index contributed by atoms with van der Waals surface area (Å²) in [4.78, 5) is 32.9. The number of nitrogens with one attached hydrogen (secondary N) is 1. The Labute approximate surface area is 164 Å². The van der Waals surface area contributed by atoms with Crippen molar-refractivity contribution in [1.82, 2.24) is 14.5 Å². The molecule has 2 aromatic heterocycles. The number of ether oxygens (including phenoxy) is 1. The molecule has 1 unspecified atom stereocenters. The van der Waals surface area contributed by atoms with Gasteiger partial charge in [-0.2, -0.15) is 9.97 Å². The summed E-state index contributed by atoms with van der Waals surface area (Å²) < 4.78 is 18.4. The van der Waals surface area contributed by atoms with Crippen LogP contribution in [0.15, 0.2) is 52.5 Å². The predicted octanol–water partition coefficient (Wildman–Crippen LogP) is 2.87. The van der Waals surface area contributed by atoms with Crippen LogP contribution < -0.4 is 10.9 Å². The molecule has 28 heavy (non-hydrogen) atoms. The molecule has 0 bridgehead atoms. The minimum atomic E-state index is -1.39. The normalized spacial score (nSPS) is 12.6. The quantitative estimate of drug-likeness (QED) is 0.535. The van der Waals surface area contributed by atoms with Gasteiger partial charge in [-0.3, -0.25) is 14.7 Å². The van der Waals surface area contributed by atoms with Gasteiger partial charge in [-0.25, -0.2) is 4.79 Å². The molecule has 0 radical (unpaired) electrons. The maximum atomic E-state index is 12.6. The number of amides is 1. The van der Waals surface area contributed by atoms with Crippen LogP contribution in [0.3, 0.4) is 0 Å². The number of anilines is 1. The summed E-state index contributed by atoms with van der Waals surface area (Å²) in [5.41, 5.74) is 0.354. The fourth-order valence-corrected chi connectivity index (χ4v) is 2.95. The minimum Gasteiger partial charge on any atom is -0.609 e. The zero-order valence-corrected chi connectivity index (χ0v) is 16.7. The van der Waals surface area contributed by atoms with Crippen LogP contribution in [0.5, 0.6) is 0 Å². The Kier molecular flexibility index (Phi) is 5.39. The van der Waals surface area contributed by atoms with Crippen LogP contribution >= 0.6 is 0 Å². The average molecular weight is 400 g/mol. The lowest BCUT2D eigenvalue weighted by Gasteiger charge is -2.20. The summed E-state index contributed by atoms with van der Waals surface area (Å²) in [5.74, 6) is 0. The second-order valence-electron chi connectivity index (χ2n) is 7.07. The summed E-state index contributed by atoms with van der Waals surface area (Å²) in [7, 11) is 0. The van der Waals surface area contributed by atoms with Crippen molar-refractivity contribution in [3.05, 3.63) is 52.9 Å². The highest BCUT2D eigenvalue weighted by Gasteiger charge is 2.17. The van der Waals surface area contributed by atoms with Crippen LogP contribution in [0.4, 0.5) is 10.5 Å². The monoisotopic (exact) mass is 400 g/mol. The molecule has 0 aliphatic rings. The van der Waals surface area contributed by atoms with E-state index in [1.165, 1.54) is 23.1 Å². The van der Waals surface area contributed by atoms with Gasteiger partial charge in [0.25, 0.3) is 5.56 Å². The first-order valence-corrected chi connectivity index (χ1v) is 10.0. The zero-order chi connectivity index (χ0) is 20.5. The highest BCUT2D eigenvalue weighted by molar-refractivity contribution is 7.90. The molecule has 1 amide bonds. The van der Waals surface area contributed by atoms with Crippen molar-refractivity contribution in [2.45, 2.75) is 31.5 Å². The average Bonchev–Trinajstić information content (AvgIpc) is 2.59. The van der Waals surface area contributed by atoms with Crippen molar-refractivity contribution in [3.63, 3.8) is 0 Å². The molecule has 146 valence electrons. The standard InChI is InChI=1S/C19H20N4O4S/c1-19(2,3)27-18(25)21-13-6-5-7-14(10-13)23-15(24)9-8-12-11-20-17(28(4)26)22-16(12)23/h5-11H,1-4H3,(H,21,25). The van der Waals surface area contributed by atoms with E-state index in [1.54, 1.807) is 51.1 Å². The Morgan fingerprint density at radius 2 is 2.00 bits per heavy atom. The SMILES string of the molecule is C[S+]([O-])c1ncc2ccc(=O)n(-c3cccc(NC(=O)OC(C)(C)C)c3)c2n1. The maximum absolute atomic E-state index is 12.6. The van der Waals surface area contributed by atoms with Crippen molar-refractivity contribution >= 4 is 34.0 Å². The number of aromatic nitrogens is 3. The Morgan fingerprint density at radius 3 is 2.68 bits per heavy atom. The van der Waals surface area contributed by atoms with E-state index in [0.29, 0.717) is 22.4 Å². The van der Waals surface area contributed by atoms with Gasteiger partial charge in [-0.15, -0.1) is 0 Å². The van der Waals surface area contributed by atoms with E-state index in [1.807, 2.05) is 0 Å². The Morgan fingerprint density at radius 1 is 1.25 bits per heavy atom. The molecule has 1 aromatic carbocycles. The summed E-state index contributed by atoms with van der Waals surface area (Å²) in [6.45, 7) is 5.31. The zero-order valence-electron chi connectivity index (χ0n) is 15.9. The highest BCUT2D eigenvalue weighted by atomic mass is 32.2. The van der Waals surface area contributed by atoms with Crippen molar-refractivity contribution in [3.8, 4) is 5.69 Å². The maximum Gasteiger partial charge on any atom is 0.412 e. The molecule has 3 rings (SSSR count). The molecular formula is C19H20N4O4S. The van der Waals surface area contributed by atoms with Gasteiger partial charge in [0.05, 0.1) is 5.69 Å². The number of rotatable bonds is 3. The number of hydrogen-bond acceptors (Lipinski definition) is 6. The van der Waals surface area contributed by atoms with Crippen molar-refractivity contribution in [2.24, 2.45) is 0 Å². The molecule has 0 saturated heterocycles. The minimum absolute atomic E-state index is 0.134. The van der Waals surface area contributed by atoms with Crippen LogP contribution in [0.2, 0.25) is 0 Å². The molecule has 1 atom stereocenters. The van der Waals surface area contributed by atoms with Gasteiger partial charge in [0, 0.05) is 34.5 Å². The molecule has 1 N–H and O–H groups in total. The molecule has 2 heterocycles. The smallest absolute Gasteiger partial charge is 0.412 e. The van der Waals surface area contributed by atoms with Crippen molar-refractivity contribution in [2.75, 3.05) is 11.6 Å². The van der Waals surface area contributed by atoms with Gasteiger partial charge in [0.1, 0.15) is 11.9 Å². The van der Waals surface area contributed by atoms with E-state index in [9.17, 15) is 14.1 Å². The summed E-state index contributed by atoms with van der Waals surface area (Å²) in [6, 6.07) is 9.75.